The average Bonchev–Trinajstić information content (AvgIpc) is 3.13. The van der Waals surface area contributed by atoms with Gasteiger partial charge in [-0.05, 0) is 47.3 Å². The Morgan fingerprint density at radius 1 is 1.24 bits per heavy atom. The molecule has 1 aromatic carbocycles. The lowest BCUT2D eigenvalue weighted by Gasteiger charge is -2.28. The third-order valence-corrected chi connectivity index (χ3v) is 5.35. The highest BCUT2D eigenvalue weighted by Gasteiger charge is 2.21. The zero-order valence-electron chi connectivity index (χ0n) is 13.4. The molecule has 0 unspecified atom stereocenters. The predicted molar refractivity (Wildman–Crippen MR) is 97.8 cm³/mol. The van der Waals surface area contributed by atoms with Gasteiger partial charge in [0.25, 0.3) is 0 Å². The van der Waals surface area contributed by atoms with E-state index in [0.717, 1.165) is 47.1 Å². The number of rotatable bonds is 2. The Morgan fingerprint density at radius 2 is 2.04 bits per heavy atom. The number of nitrogens with one attached hydrogen (secondary N) is 1. The minimum Gasteiger partial charge on any atom is -0.355 e. The standard InChI is InChI=1S/C18H15BrFN5/c19-15-13-10-22-24-17(13)18(25-6-2-1-3-7-25)23-16(15)11-4-5-12(9-21)14(20)8-11/h4-5,8,10H,1-3,6-7H2,(H,22,24). The highest BCUT2D eigenvalue weighted by molar-refractivity contribution is 9.10. The van der Waals surface area contributed by atoms with E-state index in [4.69, 9.17) is 10.2 Å². The fraction of sp³-hybridized carbons (Fsp3) is 0.278. The van der Waals surface area contributed by atoms with Crippen LogP contribution < -0.4 is 4.90 Å². The van der Waals surface area contributed by atoms with Crippen molar-refractivity contribution < 1.29 is 4.39 Å². The lowest BCUT2D eigenvalue weighted by molar-refractivity contribution is 0.574. The minimum absolute atomic E-state index is 0.0283. The number of nitrogens with zero attached hydrogens (tertiary/aromatic N) is 4. The molecule has 0 spiro atoms. The van der Waals surface area contributed by atoms with Crippen LogP contribution in [0, 0.1) is 17.1 Å². The van der Waals surface area contributed by atoms with E-state index < -0.39 is 5.82 Å². The first kappa shape index (κ1) is 16.0. The van der Waals surface area contributed by atoms with E-state index in [-0.39, 0.29) is 5.56 Å². The van der Waals surface area contributed by atoms with Gasteiger partial charge in [-0.25, -0.2) is 9.37 Å². The molecule has 5 nitrogen and oxygen atoms in total. The topological polar surface area (TPSA) is 68.6 Å². The Morgan fingerprint density at radius 3 is 2.76 bits per heavy atom. The van der Waals surface area contributed by atoms with Gasteiger partial charge in [-0.1, -0.05) is 6.07 Å². The number of hydrogen-bond acceptors (Lipinski definition) is 4. The molecule has 0 radical (unpaired) electrons. The number of fused-ring (bicyclic) bond motifs is 1. The van der Waals surface area contributed by atoms with Gasteiger partial charge in [0, 0.05) is 24.0 Å². The first-order valence-corrected chi connectivity index (χ1v) is 8.96. The first-order valence-electron chi connectivity index (χ1n) is 8.16. The summed E-state index contributed by atoms with van der Waals surface area (Å²) >= 11 is 3.59. The maximum atomic E-state index is 14.1. The van der Waals surface area contributed by atoms with Gasteiger partial charge in [-0.15, -0.1) is 0 Å². The summed E-state index contributed by atoms with van der Waals surface area (Å²) in [6.45, 7) is 1.90. The van der Waals surface area contributed by atoms with Crippen LogP contribution in [0.25, 0.3) is 22.2 Å². The summed E-state index contributed by atoms with van der Waals surface area (Å²) in [5.41, 5.74) is 2.19. The average molecular weight is 400 g/mol. The van der Waals surface area contributed by atoms with E-state index in [1.54, 1.807) is 12.3 Å². The van der Waals surface area contributed by atoms with Gasteiger partial charge in [0.1, 0.15) is 17.4 Å². The molecule has 126 valence electrons. The van der Waals surface area contributed by atoms with E-state index in [1.807, 2.05) is 6.07 Å². The fourth-order valence-electron chi connectivity index (χ4n) is 3.24. The fourth-order valence-corrected chi connectivity index (χ4v) is 3.86. The second-order valence-corrected chi connectivity index (χ2v) is 6.90. The van der Waals surface area contributed by atoms with Gasteiger partial charge in [0.2, 0.25) is 0 Å². The van der Waals surface area contributed by atoms with E-state index in [1.165, 1.54) is 18.6 Å². The highest BCUT2D eigenvalue weighted by atomic mass is 79.9. The number of H-pyrrole nitrogens is 1. The molecule has 7 heteroatoms. The Labute approximate surface area is 152 Å². The number of aromatic amines is 1. The van der Waals surface area contributed by atoms with Gasteiger partial charge < -0.3 is 4.90 Å². The van der Waals surface area contributed by atoms with Crippen molar-refractivity contribution in [1.29, 1.82) is 5.26 Å². The van der Waals surface area contributed by atoms with Gasteiger partial charge in [-0.2, -0.15) is 10.4 Å². The Bertz CT molecular complexity index is 985. The van der Waals surface area contributed by atoms with E-state index in [2.05, 4.69) is 31.0 Å². The normalized spacial score (nSPS) is 14.7. The third-order valence-electron chi connectivity index (χ3n) is 4.54. The lowest BCUT2D eigenvalue weighted by Crippen LogP contribution is -2.30. The molecule has 1 saturated heterocycles. The molecular weight excluding hydrogens is 385 g/mol. The summed E-state index contributed by atoms with van der Waals surface area (Å²) in [4.78, 5) is 7.07. The van der Waals surface area contributed by atoms with Crippen molar-refractivity contribution in [2.24, 2.45) is 0 Å². The highest BCUT2D eigenvalue weighted by Crippen LogP contribution is 2.37. The number of piperidine rings is 1. The van der Waals surface area contributed by atoms with Crippen LogP contribution in [0.5, 0.6) is 0 Å². The second kappa shape index (κ2) is 6.45. The van der Waals surface area contributed by atoms with Gasteiger partial charge >= 0.3 is 0 Å². The van der Waals surface area contributed by atoms with Crippen LogP contribution in [-0.2, 0) is 0 Å². The summed E-state index contributed by atoms with van der Waals surface area (Å²) in [6.07, 6.45) is 5.24. The molecule has 3 aromatic rings. The Hall–Kier alpha value is -2.46. The maximum Gasteiger partial charge on any atom is 0.155 e. The Balaban J connectivity index is 1.90. The second-order valence-electron chi connectivity index (χ2n) is 6.11. The van der Waals surface area contributed by atoms with Crippen LogP contribution in [-0.4, -0.2) is 28.3 Å². The smallest absolute Gasteiger partial charge is 0.155 e. The van der Waals surface area contributed by atoms with Gasteiger partial charge in [-0.3, -0.25) is 5.10 Å². The molecule has 0 amide bonds. The third kappa shape index (κ3) is 2.76. The molecule has 0 saturated carbocycles. The van der Waals surface area contributed by atoms with E-state index in [0.29, 0.717) is 11.3 Å². The largest absolute Gasteiger partial charge is 0.355 e. The number of pyridine rings is 1. The van der Waals surface area contributed by atoms with Crippen LogP contribution in [0.15, 0.2) is 28.9 Å². The molecule has 1 aliphatic heterocycles. The van der Waals surface area contributed by atoms with Crippen LogP contribution in [0.3, 0.4) is 0 Å². The number of anilines is 1. The molecule has 2 aromatic heterocycles. The molecule has 3 heterocycles. The SMILES string of the molecule is N#Cc1ccc(-c2nc(N3CCCCC3)c3[nH]ncc3c2Br)cc1F. The van der Waals surface area contributed by atoms with Crippen molar-refractivity contribution >= 4 is 32.7 Å². The quantitative estimate of drug-likeness (QED) is 0.693. The summed E-state index contributed by atoms with van der Waals surface area (Å²) in [6, 6.07) is 6.41. The first-order chi connectivity index (χ1) is 12.2. The molecule has 1 fully saturated rings. The van der Waals surface area contributed by atoms with Crippen LogP contribution >= 0.6 is 15.9 Å². The molecule has 0 bridgehead atoms. The van der Waals surface area contributed by atoms with Crippen LogP contribution in [0.2, 0.25) is 0 Å². The van der Waals surface area contributed by atoms with Crippen LogP contribution in [0.1, 0.15) is 24.8 Å². The van der Waals surface area contributed by atoms with Gasteiger partial charge in [0.15, 0.2) is 5.82 Å². The number of aromatic nitrogens is 3. The summed E-state index contributed by atoms with van der Waals surface area (Å²) in [7, 11) is 0. The number of hydrogen-bond donors (Lipinski definition) is 1. The molecule has 25 heavy (non-hydrogen) atoms. The molecule has 0 atom stereocenters. The van der Waals surface area contributed by atoms with Crippen molar-refractivity contribution in [2.75, 3.05) is 18.0 Å². The molecule has 4 rings (SSSR count). The van der Waals surface area contributed by atoms with E-state index in [9.17, 15) is 4.39 Å². The molecule has 0 aliphatic carbocycles. The van der Waals surface area contributed by atoms with Crippen molar-refractivity contribution in [2.45, 2.75) is 19.3 Å². The maximum absolute atomic E-state index is 14.1. The predicted octanol–water partition coefficient (Wildman–Crippen LogP) is 4.39. The summed E-state index contributed by atoms with van der Waals surface area (Å²) in [5, 5.41) is 17.0. The molecule has 1 aliphatic rings. The van der Waals surface area contributed by atoms with Crippen molar-refractivity contribution in [3.63, 3.8) is 0 Å². The number of halogens is 2. The van der Waals surface area contributed by atoms with E-state index >= 15 is 0 Å². The monoisotopic (exact) mass is 399 g/mol. The summed E-state index contributed by atoms with van der Waals surface area (Å²) in [5.74, 6) is 0.302. The van der Waals surface area contributed by atoms with Gasteiger partial charge in [0.05, 0.1) is 21.9 Å². The molecular formula is C18H15BrFN5. The van der Waals surface area contributed by atoms with Crippen molar-refractivity contribution in [1.82, 2.24) is 15.2 Å². The summed E-state index contributed by atoms with van der Waals surface area (Å²) < 4.78 is 14.8. The number of nitriles is 1. The van der Waals surface area contributed by atoms with Crippen molar-refractivity contribution in [3.05, 3.63) is 40.2 Å². The molecule has 1 N–H and O–H groups in total. The van der Waals surface area contributed by atoms with Crippen LogP contribution in [0.4, 0.5) is 10.2 Å². The zero-order valence-corrected chi connectivity index (χ0v) is 15.0. The Kier molecular flexibility index (Phi) is 4.14. The van der Waals surface area contributed by atoms with Crippen molar-refractivity contribution in [3.8, 4) is 17.3 Å². The minimum atomic E-state index is -0.541. The zero-order chi connectivity index (χ0) is 17.4. The lowest BCUT2D eigenvalue weighted by atomic mass is 10.1. The number of benzene rings is 1.